The van der Waals surface area contributed by atoms with E-state index >= 15 is 0 Å². The molecule has 0 aliphatic carbocycles. The molecule has 6 nitrogen and oxygen atoms in total. The summed E-state index contributed by atoms with van der Waals surface area (Å²) in [5, 5.41) is 7.41. The number of hydrogen-bond acceptors (Lipinski definition) is 4. The third-order valence-corrected chi connectivity index (χ3v) is 5.11. The van der Waals surface area contributed by atoms with Gasteiger partial charge >= 0.3 is 0 Å². The van der Waals surface area contributed by atoms with Gasteiger partial charge in [-0.15, -0.1) is 0 Å². The van der Waals surface area contributed by atoms with Gasteiger partial charge in [0, 0.05) is 37.0 Å². The van der Waals surface area contributed by atoms with Crippen LogP contribution in [-0.4, -0.2) is 28.8 Å². The molecule has 3 aromatic rings. The van der Waals surface area contributed by atoms with Crippen LogP contribution in [0.5, 0.6) is 0 Å². The minimum atomic E-state index is -0.0904. The molecule has 0 unspecified atom stereocenters. The summed E-state index contributed by atoms with van der Waals surface area (Å²) < 4.78 is 1.67. The zero-order valence-corrected chi connectivity index (χ0v) is 16.1. The van der Waals surface area contributed by atoms with Crippen molar-refractivity contribution in [3.8, 4) is 5.69 Å². The number of para-hydroxylation sites is 1. The van der Waals surface area contributed by atoms with Crippen LogP contribution in [0.3, 0.4) is 0 Å². The molecule has 1 aliphatic rings. The summed E-state index contributed by atoms with van der Waals surface area (Å²) in [7, 11) is 0. The second-order valence-corrected chi connectivity index (χ2v) is 7.17. The van der Waals surface area contributed by atoms with E-state index in [1.165, 1.54) is 18.5 Å². The number of nitrogen functional groups attached to an aromatic ring is 1. The van der Waals surface area contributed by atoms with Gasteiger partial charge in [-0.2, -0.15) is 5.10 Å². The minimum absolute atomic E-state index is 0.0904. The van der Waals surface area contributed by atoms with Crippen molar-refractivity contribution in [2.24, 2.45) is 0 Å². The van der Waals surface area contributed by atoms with Gasteiger partial charge in [-0.1, -0.05) is 18.2 Å². The highest BCUT2D eigenvalue weighted by atomic mass is 16.1. The largest absolute Gasteiger partial charge is 0.384 e. The molecule has 1 saturated heterocycles. The number of nitrogens with zero attached hydrogens (tertiary/aromatic N) is 3. The molecular weight excluding hydrogens is 350 g/mol. The molecule has 1 amide bonds. The van der Waals surface area contributed by atoms with Crippen molar-refractivity contribution < 1.29 is 4.79 Å². The first kappa shape index (κ1) is 18.1. The van der Waals surface area contributed by atoms with Gasteiger partial charge in [0.1, 0.15) is 5.82 Å². The SMILES string of the molecule is Cc1cc(N)n(-c2ccc(C(=O)NCc3ccccc3N3CCCC3)cc2)n1. The molecule has 0 spiro atoms. The van der Waals surface area contributed by atoms with Crippen molar-refractivity contribution in [2.75, 3.05) is 23.7 Å². The lowest BCUT2D eigenvalue weighted by Gasteiger charge is -2.21. The van der Waals surface area contributed by atoms with Crippen molar-refractivity contribution in [2.45, 2.75) is 26.3 Å². The van der Waals surface area contributed by atoms with Crippen molar-refractivity contribution >= 4 is 17.4 Å². The van der Waals surface area contributed by atoms with Crippen LogP contribution < -0.4 is 16.0 Å². The number of nitrogens with one attached hydrogen (secondary N) is 1. The van der Waals surface area contributed by atoms with Crippen molar-refractivity contribution in [3.05, 3.63) is 71.4 Å². The van der Waals surface area contributed by atoms with Gasteiger partial charge in [-0.25, -0.2) is 4.68 Å². The number of aryl methyl sites for hydroxylation is 1. The highest BCUT2D eigenvalue weighted by Gasteiger charge is 2.16. The van der Waals surface area contributed by atoms with Crippen LogP contribution in [0.1, 0.15) is 34.5 Å². The quantitative estimate of drug-likeness (QED) is 0.717. The lowest BCUT2D eigenvalue weighted by Crippen LogP contribution is -2.25. The lowest BCUT2D eigenvalue weighted by atomic mass is 10.1. The maximum atomic E-state index is 12.6. The van der Waals surface area contributed by atoms with Gasteiger partial charge in [-0.3, -0.25) is 4.79 Å². The Morgan fingerprint density at radius 1 is 1.11 bits per heavy atom. The third kappa shape index (κ3) is 3.71. The number of carbonyl (C=O) groups is 1. The summed E-state index contributed by atoms with van der Waals surface area (Å²) in [6, 6.07) is 17.4. The van der Waals surface area contributed by atoms with E-state index in [1.807, 2.05) is 31.2 Å². The Kier molecular flexibility index (Phi) is 5.02. The normalized spacial score (nSPS) is 13.7. The van der Waals surface area contributed by atoms with E-state index in [9.17, 15) is 4.79 Å². The molecule has 1 aliphatic heterocycles. The fourth-order valence-electron chi connectivity index (χ4n) is 3.68. The number of nitrogens with two attached hydrogens (primary N) is 1. The molecule has 0 atom stereocenters. The highest BCUT2D eigenvalue weighted by molar-refractivity contribution is 5.94. The van der Waals surface area contributed by atoms with Crippen LogP contribution in [0.4, 0.5) is 11.5 Å². The number of aromatic nitrogens is 2. The van der Waals surface area contributed by atoms with Gasteiger partial charge in [0.15, 0.2) is 0 Å². The average molecular weight is 375 g/mol. The van der Waals surface area contributed by atoms with Gasteiger partial charge in [0.25, 0.3) is 5.91 Å². The van der Waals surface area contributed by atoms with E-state index in [2.05, 4.69) is 33.5 Å². The molecule has 6 heteroatoms. The Bertz CT molecular complexity index is 971. The Balaban J connectivity index is 1.44. The van der Waals surface area contributed by atoms with E-state index in [-0.39, 0.29) is 5.91 Å². The van der Waals surface area contributed by atoms with Crippen molar-refractivity contribution in [1.82, 2.24) is 15.1 Å². The number of benzene rings is 2. The summed E-state index contributed by atoms with van der Waals surface area (Å²) >= 11 is 0. The third-order valence-electron chi connectivity index (χ3n) is 5.11. The summed E-state index contributed by atoms with van der Waals surface area (Å²) in [6.45, 7) is 4.58. The van der Waals surface area contributed by atoms with Gasteiger partial charge in [0.05, 0.1) is 11.4 Å². The Morgan fingerprint density at radius 3 is 2.50 bits per heavy atom. The Morgan fingerprint density at radius 2 is 1.82 bits per heavy atom. The first-order valence-corrected chi connectivity index (χ1v) is 9.65. The summed E-state index contributed by atoms with van der Waals surface area (Å²) in [5.41, 5.74) is 10.6. The molecule has 3 N–H and O–H groups in total. The molecule has 4 rings (SSSR count). The number of hydrogen-bond donors (Lipinski definition) is 2. The number of rotatable bonds is 5. The number of amides is 1. The smallest absolute Gasteiger partial charge is 0.251 e. The van der Waals surface area contributed by atoms with Crippen LogP contribution in [-0.2, 0) is 6.54 Å². The predicted molar refractivity (Wildman–Crippen MR) is 112 cm³/mol. The molecule has 28 heavy (non-hydrogen) atoms. The first-order valence-electron chi connectivity index (χ1n) is 9.65. The van der Waals surface area contributed by atoms with E-state index < -0.39 is 0 Å². The van der Waals surface area contributed by atoms with Crippen LogP contribution in [0.15, 0.2) is 54.6 Å². The zero-order chi connectivity index (χ0) is 19.5. The molecule has 0 saturated carbocycles. The lowest BCUT2D eigenvalue weighted by molar-refractivity contribution is 0.0951. The molecule has 2 heterocycles. The van der Waals surface area contributed by atoms with Crippen LogP contribution in [0.25, 0.3) is 5.69 Å². The molecule has 1 aromatic heterocycles. The summed E-state index contributed by atoms with van der Waals surface area (Å²) in [4.78, 5) is 15.0. The maximum Gasteiger partial charge on any atom is 0.251 e. The van der Waals surface area contributed by atoms with E-state index in [0.717, 1.165) is 30.0 Å². The number of anilines is 2. The van der Waals surface area contributed by atoms with E-state index in [0.29, 0.717) is 17.9 Å². The molecular formula is C22H25N5O. The standard InChI is InChI=1S/C22H25N5O/c1-16-14-21(23)27(25-16)19-10-8-17(9-11-19)22(28)24-15-18-6-2-3-7-20(18)26-12-4-5-13-26/h2-3,6-11,14H,4-5,12-13,15,23H2,1H3,(H,24,28). The Labute approximate surface area is 165 Å². The monoisotopic (exact) mass is 375 g/mol. The first-order chi connectivity index (χ1) is 13.6. The van der Waals surface area contributed by atoms with Crippen LogP contribution in [0.2, 0.25) is 0 Å². The maximum absolute atomic E-state index is 12.6. The number of carbonyl (C=O) groups excluding carboxylic acids is 1. The summed E-state index contributed by atoms with van der Waals surface area (Å²) in [6.07, 6.45) is 2.46. The predicted octanol–water partition coefficient (Wildman–Crippen LogP) is 3.29. The highest BCUT2D eigenvalue weighted by Crippen LogP contribution is 2.24. The van der Waals surface area contributed by atoms with Crippen molar-refractivity contribution in [1.29, 1.82) is 0 Å². The Hall–Kier alpha value is -3.28. The van der Waals surface area contributed by atoms with Crippen LogP contribution in [0, 0.1) is 6.92 Å². The molecule has 144 valence electrons. The molecule has 1 fully saturated rings. The second-order valence-electron chi connectivity index (χ2n) is 7.17. The average Bonchev–Trinajstić information content (AvgIpc) is 3.36. The van der Waals surface area contributed by atoms with Gasteiger partial charge < -0.3 is 16.0 Å². The summed E-state index contributed by atoms with van der Waals surface area (Å²) in [5.74, 6) is 0.487. The molecule has 0 bridgehead atoms. The zero-order valence-electron chi connectivity index (χ0n) is 16.1. The van der Waals surface area contributed by atoms with Crippen molar-refractivity contribution in [3.63, 3.8) is 0 Å². The fraction of sp³-hybridized carbons (Fsp3) is 0.273. The fourth-order valence-corrected chi connectivity index (χ4v) is 3.68. The molecule has 2 aromatic carbocycles. The van der Waals surface area contributed by atoms with Gasteiger partial charge in [0.2, 0.25) is 0 Å². The minimum Gasteiger partial charge on any atom is -0.384 e. The van der Waals surface area contributed by atoms with E-state index in [4.69, 9.17) is 5.73 Å². The second kappa shape index (κ2) is 7.76. The van der Waals surface area contributed by atoms with Gasteiger partial charge in [-0.05, 0) is 55.7 Å². The topological polar surface area (TPSA) is 76.2 Å². The molecule has 0 radical (unpaired) electrons. The van der Waals surface area contributed by atoms with E-state index in [1.54, 1.807) is 16.8 Å². The van der Waals surface area contributed by atoms with Crippen LogP contribution >= 0.6 is 0 Å².